The van der Waals surface area contributed by atoms with E-state index in [2.05, 4.69) is 23.6 Å². The normalized spacial score (nSPS) is 19.1. The molecular weight excluding hydrogens is 268 g/mol. The van der Waals surface area contributed by atoms with Crippen LogP contribution in [0.15, 0.2) is 12.1 Å². The van der Waals surface area contributed by atoms with Crippen LogP contribution in [0.3, 0.4) is 0 Å². The summed E-state index contributed by atoms with van der Waals surface area (Å²) in [5.74, 6) is 0.759. The largest absolute Gasteiger partial charge is 0.355 e. The van der Waals surface area contributed by atoms with E-state index < -0.39 is 0 Å². The molecule has 2 N–H and O–H groups in total. The van der Waals surface area contributed by atoms with Gasteiger partial charge >= 0.3 is 0 Å². The Bertz CT molecular complexity index is 375. The van der Waals surface area contributed by atoms with Crippen LogP contribution in [0, 0.1) is 12.8 Å². The van der Waals surface area contributed by atoms with Gasteiger partial charge in [0.15, 0.2) is 0 Å². The fourth-order valence-electron chi connectivity index (χ4n) is 2.16. The minimum atomic E-state index is 0. The summed E-state index contributed by atoms with van der Waals surface area (Å²) in [4.78, 5) is 14.2. The molecule has 1 unspecified atom stereocenters. The van der Waals surface area contributed by atoms with E-state index in [-0.39, 0.29) is 18.3 Å². The van der Waals surface area contributed by atoms with E-state index in [0.29, 0.717) is 12.3 Å². The van der Waals surface area contributed by atoms with Crippen LogP contribution in [-0.4, -0.2) is 25.5 Å². The van der Waals surface area contributed by atoms with E-state index in [0.717, 1.165) is 24.5 Å². The Labute approximate surface area is 119 Å². The molecule has 0 bridgehead atoms. The minimum Gasteiger partial charge on any atom is -0.355 e. The van der Waals surface area contributed by atoms with E-state index in [1.165, 1.54) is 17.7 Å². The van der Waals surface area contributed by atoms with Crippen LogP contribution in [0.5, 0.6) is 0 Å². The maximum absolute atomic E-state index is 11.7. The molecule has 5 heteroatoms. The molecule has 1 aliphatic rings. The zero-order chi connectivity index (χ0) is 12.1. The summed E-state index contributed by atoms with van der Waals surface area (Å²) in [6.45, 7) is 5.05. The summed E-state index contributed by atoms with van der Waals surface area (Å²) < 4.78 is 0. The molecule has 1 aliphatic heterocycles. The van der Waals surface area contributed by atoms with Crippen LogP contribution in [0.2, 0.25) is 0 Å². The van der Waals surface area contributed by atoms with Crippen molar-refractivity contribution >= 4 is 29.7 Å². The monoisotopic (exact) mass is 288 g/mol. The molecule has 0 aliphatic carbocycles. The lowest BCUT2D eigenvalue weighted by Crippen LogP contribution is -2.38. The van der Waals surface area contributed by atoms with Crippen LogP contribution >= 0.6 is 23.7 Å². The Morgan fingerprint density at radius 3 is 3.00 bits per heavy atom. The van der Waals surface area contributed by atoms with Gasteiger partial charge in [-0.1, -0.05) is 0 Å². The smallest absolute Gasteiger partial charge is 0.225 e. The Hall–Kier alpha value is -0.580. The summed E-state index contributed by atoms with van der Waals surface area (Å²) in [5, 5.41) is 6.40. The predicted octanol–water partition coefficient (Wildman–Crippen LogP) is 2.14. The molecule has 1 fully saturated rings. The number of hydrogen-bond acceptors (Lipinski definition) is 3. The second-order valence-corrected chi connectivity index (χ2v) is 6.08. The lowest BCUT2D eigenvalue weighted by molar-refractivity contribution is -0.120. The second kappa shape index (κ2) is 7.77. The van der Waals surface area contributed by atoms with Crippen LogP contribution in [0.4, 0.5) is 0 Å². The molecule has 1 atom stereocenters. The zero-order valence-corrected chi connectivity index (χ0v) is 12.3. The highest BCUT2D eigenvalue weighted by Gasteiger charge is 2.14. The molecule has 0 spiro atoms. The first kappa shape index (κ1) is 15.5. The third-order valence-corrected chi connectivity index (χ3v) is 4.12. The first-order valence-electron chi connectivity index (χ1n) is 6.27. The highest BCUT2D eigenvalue weighted by Crippen LogP contribution is 2.15. The molecule has 3 nitrogen and oxygen atoms in total. The number of rotatable bonds is 4. The highest BCUT2D eigenvalue weighted by atomic mass is 35.5. The standard InChI is InChI=1S/C13H20N2OS.ClH/c1-10-4-5-12(17-10)7-13(16)15-9-11-3-2-6-14-8-11;/h4-5,11,14H,2-3,6-9H2,1H3,(H,15,16);1H. The van der Waals surface area contributed by atoms with Gasteiger partial charge in [0.05, 0.1) is 6.42 Å². The molecule has 1 aromatic heterocycles. The van der Waals surface area contributed by atoms with Gasteiger partial charge < -0.3 is 10.6 Å². The summed E-state index contributed by atoms with van der Waals surface area (Å²) in [6, 6.07) is 4.11. The molecule has 0 saturated carbocycles. The van der Waals surface area contributed by atoms with Crippen LogP contribution in [0.25, 0.3) is 0 Å². The van der Waals surface area contributed by atoms with Gasteiger partial charge in [-0.25, -0.2) is 0 Å². The molecular formula is C13H21ClN2OS. The lowest BCUT2D eigenvalue weighted by Gasteiger charge is -2.22. The number of halogens is 1. The topological polar surface area (TPSA) is 41.1 Å². The average molecular weight is 289 g/mol. The minimum absolute atomic E-state index is 0. The van der Waals surface area contributed by atoms with Gasteiger partial charge in [-0.05, 0) is 50.9 Å². The van der Waals surface area contributed by atoms with E-state index in [9.17, 15) is 4.79 Å². The van der Waals surface area contributed by atoms with E-state index in [1.54, 1.807) is 11.3 Å². The lowest BCUT2D eigenvalue weighted by atomic mass is 10.00. The quantitative estimate of drug-likeness (QED) is 0.891. The van der Waals surface area contributed by atoms with Crippen LogP contribution in [-0.2, 0) is 11.2 Å². The Kier molecular flexibility index (Phi) is 6.68. The van der Waals surface area contributed by atoms with Crippen molar-refractivity contribution in [1.82, 2.24) is 10.6 Å². The molecule has 102 valence electrons. The van der Waals surface area contributed by atoms with Crippen LogP contribution < -0.4 is 10.6 Å². The molecule has 0 aromatic carbocycles. The molecule has 2 rings (SSSR count). The summed E-state index contributed by atoms with van der Waals surface area (Å²) >= 11 is 1.70. The second-order valence-electron chi connectivity index (χ2n) is 4.71. The number of carbonyl (C=O) groups excluding carboxylic acids is 1. The van der Waals surface area contributed by atoms with Crippen molar-refractivity contribution in [3.63, 3.8) is 0 Å². The number of amides is 1. The summed E-state index contributed by atoms with van der Waals surface area (Å²) in [5.41, 5.74) is 0. The van der Waals surface area contributed by atoms with Gasteiger partial charge in [0.1, 0.15) is 0 Å². The Balaban J connectivity index is 0.00000162. The van der Waals surface area contributed by atoms with Crippen LogP contribution in [0.1, 0.15) is 22.6 Å². The van der Waals surface area contributed by atoms with Crippen molar-refractivity contribution in [2.45, 2.75) is 26.2 Å². The van der Waals surface area contributed by atoms with Crippen molar-refractivity contribution in [3.05, 3.63) is 21.9 Å². The van der Waals surface area contributed by atoms with Crippen molar-refractivity contribution in [2.75, 3.05) is 19.6 Å². The van der Waals surface area contributed by atoms with E-state index in [1.807, 2.05) is 6.07 Å². The molecule has 1 aromatic rings. The van der Waals surface area contributed by atoms with Gasteiger partial charge in [0.2, 0.25) is 5.91 Å². The molecule has 0 radical (unpaired) electrons. The zero-order valence-electron chi connectivity index (χ0n) is 10.7. The van der Waals surface area contributed by atoms with Crippen molar-refractivity contribution < 1.29 is 4.79 Å². The van der Waals surface area contributed by atoms with Crippen molar-refractivity contribution in [2.24, 2.45) is 5.92 Å². The molecule has 1 saturated heterocycles. The summed E-state index contributed by atoms with van der Waals surface area (Å²) in [7, 11) is 0. The number of nitrogens with one attached hydrogen (secondary N) is 2. The number of aryl methyl sites for hydroxylation is 1. The molecule has 18 heavy (non-hydrogen) atoms. The van der Waals surface area contributed by atoms with E-state index in [4.69, 9.17) is 0 Å². The van der Waals surface area contributed by atoms with Gasteiger partial charge in [0.25, 0.3) is 0 Å². The number of carbonyl (C=O) groups is 1. The number of hydrogen-bond donors (Lipinski definition) is 2. The first-order chi connectivity index (χ1) is 8.24. The highest BCUT2D eigenvalue weighted by molar-refractivity contribution is 7.12. The first-order valence-corrected chi connectivity index (χ1v) is 7.08. The maximum atomic E-state index is 11.7. The summed E-state index contributed by atoms with van der Waals surface area (Å²) in [6.07, 6.45) is 2.98. The number of thiophene rings is 1. The SMILES string of the molecule is Cc1ccc(CC(=O)NCC2CCCNC2)s1.Cl. The fraction of sp³-hybridized carbons (Fsp3) is 0.615. The molecule has 2 heterocycles. The van der Waals surface area contributed by atoms with Gasteiger partial charge in [-0.3, -0.25) is 4.79 Å². The Morgan fingerprint density at radius 1 is 1.56 bits per heavy atom. The predicted molar refractivity (Wildman–Crippen MR) is 78.6 cm³/mol. The van der Waals surface area contributed by atoms with Gasteiger partial charge in [-0.2, -0.15) is 0 Å². The van der Waals surface area contributed by atoms with Gasteiger partial charge in [0, 0.05) is 16.3 Å². The third-order valence-electron chi connectivity index (χ3n) is 3.12. The fourth-order valence-corrected chi connectivity index (χ4v) is 3.05. The van der Waals surface area contributed by atoms with Crippen molar-refractivity contribution in [1.29, 1.82) is 0 Å². The van der Waals surface area contributed by atoms with E-state index >= 15 is 0 Å². The van der Waals surface area contributed by atoms with Crippen molar-refractivity contribution in [3.8, 4) is 0 Å². The van der Waals surface area contributed by atoms with Gasteiger partial charge in [-0.15, -0.1) is 23.7 Å². The molecule has 1 amide bonds. The Morgan fingerprint density at radius 2 is 2.39 bits per heavy atom. The number of piperidine rings is 1. The average Bonchev–Trinajstić information content (AvgIpc) is 2.73. The maximum Gasteiger partial charge on any atom is 0.225 e. The third kappa shape index (κ3) is 4.96.